The quantitative estimate of drug-likeness (QED) is 0.642. The van der Waals surface area contributed by atoms with Gasteiger partial charge in [-0.2, -0.15) is 0 Å². The lowest BCUT2D eigenvalue weighted by molar-refractivity contribution is 0.0356. The van der Waals surface area contributed by atoms with E-state index in [0.29, 0.717) is 25.3 Å². The van der Waals surface area contributed by atoms with Crippen molar-refractivity contribution in [2.45, 2.75) is 50.7 Å². The SMILES string of the molecule is O=C(NCCOC1CCNCC1)NC1CCCC1. The number of ether oxygens (including phenoxy) is 1. The lowest BCUT2D eigenvalue weighted by Gasteiger charge is -2.23. The van der Waals surface area contributed by atoms with E-state index in [1.165, 1.54) is 12.8 Å². The third-order valence-corrected chi connectivity index (χ3v) is 3.72. The fourth-order valence-electron chi connectivity index (χ4n) is 2.66. The van der Waals surface area contributed by atoms with Crippen molar-refractivity contribution in [3.05, 3.63) is 0 Å². The Kier molecular flexibility index (Phi) is 5.74. The van der Waals surface area contributed by atoms with Gasteiger partial charge in [0.05, 0.1) is 12.7 Å². The Morgan fingerprint density at radius 1 is 1.17 bits per heavy atom. The van der Waals surface area contributed by atoms with Crippen molar-refractivity contribution in [2.24, 2.45) is 0 Å². The van der Waals surface area contributed by atoms with Gasteiger partial charge in [0.25, 0.3) is 0 Å². The zero-order valence-corrected chi connectivity index (χ0v) is 11.0. The molecule has 1 aliphatic heterocycles. The van der Waals surface area contributed by atoms with Crippen LogP contribution in [0.2, 0.25) is 0 Å². The van der Waals surface area contributed by atoms with Gasteiger partial charge < -0.3 is 20.7 Å². The normalized spacial score (nSPS) is 22.0. The fraction of sp³-hybridized carbons (Fsp3) is 0.923. The molecule has 0 unspecified atom stereocenters. The average molecular weight is 255 g/mol. The second-order valence-electron chi connectivity index (χ2n) is 5.20. The maximum Gasteiger partial charge on any atom is 0.315 e. The predicted molar refractivity (Wildman–Crippen MR) is 70.6 cm³/mol. The van der Waals surface area contributed by atoms with Crippen LogP contribution in [0.4, 0.5) is 4.79 Å². The van der Waals surface area contributed by atoms with E-state index in [1.54, 1.807) is 0 Å². The first-order valence-electron chi connectivity index (χ1n) is 7.21. The molecule has 0 bridgehead atoms. The number of hydrogen-bond acceptors (Lipinski definition) is 3. The third kappa shape index (κ3) is 4.82. The standard InChI is InChI=1S/C13H25N3O2/c17-13(16-11-3-1-2-4-11)15-9-10-18-12-5-7-14-8-6-12/h11-12,14H,1-10H2,(H2,15,16,17). The molecule has 18 heavy (non-hydrogen) atoms. The van der Waals surface area contributed by atoms with Crippen LogP contribution in [0.15, 0.2) is 0 Å². The number of urea groups is 1. The molecule has 2 fully saturated rings. The summed E-state index contributed by atoms with van der Waals surface area (Å²) in [5.74, 6) is 0. The Morgan fingerprint density at radius 2 is 1.89 bits per heavy atom. The molecule has 0 aromatic rings. The molecule has 0 aromatic heterocycles. The predicted octanol–water partition coefficient (Wildman–Crippen LogP) is 0.997. The second-order valence-corrected chi connectivity index (χ2v) is 5.20. The topological polar surface area (TPSA) is 62.4 Å². The minimum atomic E-state index is -0.0455. The Bertz CT molecular complexity index is 249. The molecular formula is C13H25N3O2. The van der Waals surface area contributed by atoms with Crippen LogP contribution >= 0.6 is 0 Å². The highest BCUT2D eigenvalue weighted by Crippen LogP contribution is 2.17. The molecule has 0 spiro atoms. The van der Waals surface area contributed by atoms with Gasteiger partial charge in [-0.25, -0.2) is 4.79 Å². The summed E-state index contributed by atoms with van der Waals surface area (Å²) in [7, 11) is 0. The molecule has 0 aromatic carbocycles. The summed E-state index contributed by atoms with van der Waals surface area (Å²) in [6, 6.07) is 0.339. The fourth-order valence-corrected chi connectivity index (χ4v) is 2.66. The number of carbonyl (C=O) groups excluding carboxylic acids is 1. The number of carbonyl (C=O) groups is 1. The van der Waals surface area contributed by atoms with Crippen molar-refractivity contribution in [3.63, 3.8) is 0 Å². The van der Waals surface area contributed by atoms with Gasteiger partial charge in [0.1, 0.15) is 0 Å². The third-order valence-electron chi connectivity index (χ3n) is 3.72. The molecule has 5 nitrogen and oxygen atoms in total. The summed E-state index contributed by atoms with van der Waals surface area (Å²) in [6.45, 7) is 3.30. The van der Waals surface area contributed by atoms with Crippen LogP contribution in [0.25, 0.3) is 0 Å². The molecule has 1 saturated heterocycles. The van der Waals surface area contributed by atoms with E-state index in [1.807, 2.05) is 0 Å². The van der Waals surface area contributed by atoms with Gasteiger partial charge in [0.2, 0.25) is 0 Å². The minimum absolute atomic E-state index is 0.0455. The van der Waals surface area contributed by atoms with Gasteiger partial charge in [-0.1, -0.05) is 12.8 Å². The number of amides is 2. The molecule has 0 radical (unpaired) electrons. The molecule has 1 aliphatic carbocycles. The summed E-state index contributed by atoms with van der Waals surface area (Å²) in [5.41, 5.74) is 0. The van der Waals surface area contributed by atoms with E-state index >= 15 is 0 Å². The Morgan fingerprint density at radius 3 is 2.61 bits per heavy atom. The van der Waals surface area contributed by atoms with Gasteiger partial charge >= 0.3 is 6.03 Å². The lowest BCUT2D eigenvalue weighted by atomic mass is 10.1. The minimum Gasteiger partial charge on any atom is -0.376 e. The molecule has 1 heterocycles. The summed E-state index contributed by atoms with van der Waals surface area (Å²) in [5, 5.41) is 9.16. The van der Waals surface area contributed by atoms with Crippen molar-refractivity contribution in [3.8, 4) is 0 Å². The Balaban J connectivity index is 1.47. The van der Waals surface area contributed by atoms with Crippen molar-refractivity contribution in [1.29, 1.82) is 0 Å². The van der Waals surface area contributed by atoms with Crippen molar-refractivity contribution >= 4 is 6.03 Å². The molecule has 104 valence electrons. The highest BCUT2D eigenvalue weighted by atomic mass is 16.5. The molecule has 2 rings (SSSR count). The van der Waals surface area contributed by atoms with Crippen LogP contribution in [-0.2, 0) is 4.74 Å². The summed E-state index contributed by atoms with van der Waals surface area (Å²) < 4.78 is 5.72. The van der Waals surface area contributed by atoms with Gasteiger partial charge in [0.15, 0.2) is 0 Å². The lowest BCUT2D eigenvalue weighted by Crippen LogP contribution is -2.42. The smallest absolute Gasteiger partial charge is 0.315 e. The van der Waals surface area contributed by atoms with E-state index in [2.05, 4.69) is 16.0 Å². The number of nitrogens with one attached hydrogen (secondary N) is 3. The van der Waals surface area contributed by atoms with Crippen LogP contribution in [-0.4, -0.2) is 44.4 Å². The first-order chi connectivity index (χ1) is 8.84. The maximum absolute atomic E-state index is 11.6. The largest absolute Gasteiger partial charge is 0.376 e. The van der Waals surface area contributed by atoms with E-state index < -0.39 is 0 Å². The van der Waals surface area contributed by atoms with Gasteiger partial charge in [-0.05, 0) is 38.8 Å². The summed E-state index contributed by atoms with van der Waals surface area (Å²) in [6.07, 6.45) is 7.25. The molecule has 5 heteroatoms. The van der Waals surface area contributed by atoms with Gasteiger partial charge in [-0.3, -0.25) is 0 Å². The Hall–Kier alpha value is -0.810. The molecule has 0 atom stereocenters. The van der Waals surface area contributed by atoms with Crippen LogP contribution < -0.4 is 16.0 Å². The van der Waals surface area contributed by atoms with E-state index in [9.17, 15) is 4.79 Å². The van der Waals surface area contributed by atoms with E-state index in [0.717, 1.165) is 38.8 Å². The average Bonchev–Trinajstić information content (AvgIpc) is 2.89. The van der Waals surface area contributed by atoms with E-state index in [-0.39, 0.29) is 6.03 Å². The van der Waals surface area contributed by atoms with Crippen molar-refractivity contribution in [1.82, 2.24) is 16.0 Å². The molecular weight excluding hydrogens is 230 g/mol. The highest BCUT2D eigenvalue weighted by Gasteiger charge is 2.17. The monoisotopic (exact) mass is 255 g/mol. The van der Waals surface area contributed by atoms with Gasteiger partial charge in [-0.15, -0.1) is 0 Å². The van der Waals surface area contributed by atoms with Crippen LogP contribution in [0.1, 0.15) is 38.5 Å². The van der Waals surface area contributed by atoms with Crippen molar-refractivity contribution in [2.75, 3.05) is 26.2 Å². The van der Waals surface area contributed by atoms with Crippen LogP contribution in [0.3, 0.4) is 0 Å². The van der Waals surface area contributed by atoms with Crippen LogP contribution in [0, 0.1) is 0 Å². The molecule has 3 N–H and O–H groups in total. The van der Waals surface area contributed by atoms with E-state index in [4.69, 9.17) is 4.74 Å². The Labute approximate surface area is 109 Å². The molecule has 1 saturated carbocycles. The summed E-state index contributed by atoms with van der Waals surface area (Å²) >= 11 is 0. The van der Waals surface area contributed by atoms with Gasteiger partial charge in [0, 0.05) is 12.6 Å². The first-order valence-corrected chi connectivity index (χ1v) is 7.21. The molecule has 2 amide bonds. The number of hydrogen-bond donors (Lipinski definition) is 3. The second kappa shape index (κ2) is 7.59. The number of rotatable bonds is 5. The maximum atomic E-state index is 11.6. The zero-order valence-electron chi connectivity index (χ0n) is 11.0. The first kappa shape index (κ1) is 13.6. The summed E-state index contributed by atoms with van der Waals surface area (Å²) in [4.78, 5) is 11.6. The zero-order chi connectivity index (χ0) is 12.6. The highest BCUT2D eigenvalue weighted by molar-refractivity contribution is 5.74. The van der Waals surface area contributed by atoms with Crippen molar-refractivity contribution < 1.29 is 9.53 Å². The number of piperidine rings is 1. The van der Waals surface area contributed by atoms with Crippen LogP contribution in [0.5, 0.6) is 0 Å². The molecule has 2 aliphatic rings.